The Hall–Kier alpha value is -2.22. The van der Waals surface area contributed by atoms with Crippen molar-refractivity contribution in [3.63, 3.8) is 0 Å². The van der Waals surface area contributed by atoms with Crippen LogP contribution in [0.5, 0.6) is 11.5 Å². The van der Waals surface area contributed by atoms with Crippen molar-refractivity contribution in [1.82, 2.24) is 5.43 Å². The van der Waals surface area contributed by atoms with E-state index in [0.29, 0.717) is 34.3 Å². The molecule has 0 saturated carbocycles. The minimum absolute atomic E-state index is 0.0658. The predicted molar refractivity (Wildman–Crippen MR) is 129 cm³/mol. The first-order valence-electron chi connectivity index (χ1n) is 8.67. The number of carbonyl (C=O) groups excluding carboxylic acids is 1. The average Bonchev–Trinajstić information content (AvgIpc) is 3.12. The van der Waals surface area contributed by atoms with Crippen molar-refractivity contribution in [2.45, 2.75) is 6.92 Å². The zero-order valence-electron chi connectivity index (χ0n) is 15.7. The van der Waals surface area contributed by atoms with Gasteiger partial charge in [-0.05, 0) is 65.4 Å². The third-order valence-corrected chi connectivity index (χ3v) is 5.31. The predicted octanol–water partition coefficient (Wildman–Crippen LogP) is 5.63. The van der Waals surface area contributed by atoms with E-state index in [1.807, 2.05) is 19.1 Å². The number of furan rings is 1. The number of hydrogen-bond donors (Lipinski definition) is 1. The second-order valence-electron chi connectivity index (χ2n) is 5.87. The summed E-state index contributed by atoms with van der Waals surface area (Å²) in [6, 6.07) is 8.77. The largest absolute Gasteiger partial charge is 0.490 e. The summed E-state index contributed by atoms with van der Waals surface area (Å²) in [5, 5.41) is 5.12. The SMILES string of the molecule is C#CCOc1c(Cl)cc(/C=N\NC(=O)c2cc3cc(Br)cc(I)c3o2)cc1OCC. The van der Waals surface area contributed by atoms with Crippen LogP contribution in [0.1, 0.15) is 23.0 Å². The number of amides is 1. The Balaban J connectivity index is 1.77. The molecule has 3 rings (SSSR count). The molecule has 2 aromatic carbocycles. The van der Waals surface area contributed by atoms with Gasteiger partial charge in [0, 0.05) is 9.86 Å². The van der Waals surface area contributed by atoms with Gasteiger partial charge in [-0.25, -0.2) is 5.43 Å². The van der Waals surface area contributed by atoms with Crippen molar-refractivity contribution in [3.8, 4) is 23.8 Å². The fourth-order valence-corrected chi connectivity index (χ4v) is 4.52. The van der Waals surface area contributed by atoms with Crippen molar-refractivity contribution >= 4 is 73.2 Å². The van der Waals surface area contributed by atoms with Crippen LogP contribution in [0.3, 0.4) is 0 Å². The lowest BCUT2D eigenvalue weighted by molar-refractivity contribution is 0.0929. The molecule has 0 radical (unpaired) electrons. The summed E-state index contributed by atoms with van der Waals surface area (Å²) in [6.45, 7) is 2.32. The summed E-state index contributed by atoms with van der Waals surface area (Å²) in [4.78, 5) is 12.4. The van der Waals surface area contributed by atoms with E-state index in [4.69, 9.17) is 31.9 Å². The van der Waals surface area contributed by atoms with Crippen LogP contribution in [0, 0.1) is 15.9 Å². The zero-order chi connectivity index (χ0) is 21.7. The van der Waals surface area contributed by atoms with E-state index in [1.165, 1.54) is 6.21 Å². The molecule has 0 saturated heterocycles. The van der Waals surface area contributed by atoms with E-state index >= 15 is 0 Å². The number of terminal acetylenes is 1. The summed E-state index contributed by atoms with van der Waals surface area (Å²) in [5.41, 5.74) is 3.70. The Labute approximate surface area is 200 Å². The number of fused-ring (bicyclic) bond motifs is 1. The summed E-state index contributed by atoms with van der Waals surface area (Å²) in [5.74, 6) is 2.86. The van der Waals surface area contributed by atoms with E-state index < -0.39 is 5.91 Å². The minimum Gasteiger partial charge on any atom is -0.490 e. The highest BCUT2D eigenvalue weighted by molar-refractivity contribution is 14.1. The van der Waals surface area contributed by atoms with Crippen LogP contribution in [0.4, 0.5) is 0 Å². The Kier molecular flexibility index (Phi) is 7.64. The maximum Gasteiger partial charge on any atom is 0.307 e. The van der Waals surface area contributed by atoms with Crippen LogP contribution in [-0.2, 0) is 0 Å². The van der Waals surface area contributed by atoms with E-state index in [2.05, 4.69) is 55.0 Å². The monoisotopic (exact) mass is 600 g/mol. The highest BCUT2D eigenvalue weighted by Crippen LogP contribution is 2.36. The Morgan fingerprint density at radius 1 is 1.37 bits per heavy atom. The molecule has 1 heterocycles. The van der Waals surface area contributed by atoms with Gasteiger partial charge in [-0.1, -0.05) is 33.5 Å². The van der Waals surface area contributed by atoms with Crippen LogP contribution >= 0.6 is 50.1 Å². The van der Waals surface area contributed by atoms with Crippen molar-refractivity contribution in [3.05, 3.63) is 54.7 Å². The fraction of sp³-hybridized carbons (Fsp3) is 0.143. The Morgan fingerprint density at radius 2 is 2.17 bits per heavy atom. The molecule has 0 fully saturated rings. The van der Waals surface area contributed by atoms with Gasteiger partial charge in [0.05, 0.1) is 21.4 Å². The van der Waals surface area contributed by atoms with Crippen LogP contribution < -0.4 is 14.9 Å². The molecule has 154 valence electrons. The lowest BCUT2D eigenvalue weighted by Gasteiger charge is -2.12. The molecule has 30 heavy (non-hydrogen) atoms. The van der Waals surface area contributed by atoms with E-state index in [0.717, 1.165) is 13.4 Å². The zero-order valence-corrected chi connectivity index (χ0v) is 20.2. The third kappa shape index (κ3) is 5.28. The first-order valence-corrected chi connectivity index (χ1v) is 10.9. The number of benzene rings is 2. The molecule has 0 aliphatic rings. The first kappa shape index (κ1) is 22.5. The van der Waals surface area contributed by atoms with Crippen LogP contribution in [0.15, 0.2) is 44.3 Å². The molecule has 0 atom stereocenters. The number of ether oxygens (including phenoxy) is 2. The smallest absolute Gasteiger partial charge is 0.307 e. The Bertz CT molecular complexity index is 1170. The molecule has 6 nitrogen and oxygen atoms in total. The normalized spacial score (nSPS) is 10.9. The lowest BCUT2D eigenvalue weighted by Crippen LogP contribution is -2.16. The van der Waals surface area contributed by atoms with Gasteiger partial charge in [-0.15, -0.1) is 6.42 Å². The van der Waals surface area contributed by atoms with Gasteiger partial charge in [0.15, 0.2) is 17.3 Å². The van der Waals surface area contributed by atoms with Crippen molar-refractivity contribution < 1.29 is 18.7 Å². The van der Waals surface area contributed by atoms with Crippen LogP contribution in [0.2, 0.25) is 5.02 Å². The number of nitrogens with one attached hydrogen (secondary N) is 1. The molecule has 0 aliphatic carbocycles. The van der Waals surface area contributed by atoms with Gasteiger partial charge in [-0.2, -0.15) is 5.10 Å². The molecule has 3 aromatic rings. The average molecular weight is 602 g/mol. The third-order valence-electron chi connectivity index (χ3n) is 3.77. The van der Waals surface area contributed by atoms with Crippen molar-refractivity contribution in [2.75, 3.05) is 13.2 Å². The standard InChI is InChI=1S/C21H15BrClIN2O4/c1-3-5-29-20-15(23)6-12(7-17(20)28-4-2)11-25-26-21(27)18-9-13-8-14(22)10-16(24)19(13)30-18/h1,6-11H,4-5H2,2H3,(H,26,27)/b25-11-. The molecule has 0 unspecified atom stereocenters. The first-order chi connectivity index (χ1) is 14.4. The number of hydrazone groups is 1. The van der Waals surface area contributed by atoms with Gasteiger partial charge in [0.1, 0.15) is 12.2 Å². The van der Waals surface area contributed by atoms with Crippen molar-refractivity contribution in [1.29, 1.82) is 0 Å². The maximum absolute atomic E-state index is 12.4. The molecule has 0 spiro atoms. The molecule has 9 heteroatoms. The number of halogens is 3. The van der Waals surface area contributed by atoms with Gasteiger partial charge < -0.3 is 13.9 Å². The second kappa shape index (κ2) is 10.2. The summed E-state index contributed by atoms with van der Waals surface area (Å²) in [7, 11) is 0. The molecule has 0 aliphatic heterocycles. The van der Waals surface area contributed by atoms with E-state index in [9.17, 15) is 4.79 Å². The molecular weight excluding hydrogens is 587 g/mol. The van der Waals surface area contributed by atoms with Gasteiger partial charge >= 0.3 is 5.91 Å². The van der Waals surface area contributed by atoms with Crippen molar-refractivity contribution in [2.24, 2.45) is 5.10 Å². The van der Waals surface area contributed by atoms with E-state index in [1.54, 1.807) is 18.2 Å². The summed E-state index contributed by atoms with van der Waals surface area (Å²) < 4.78 is 18.5. The second-order valence-corrected chi connectivity index (χ2v) is 8.36. The van der Waals surface area contributed by atoms with Gasteiger partial charge in [-0.3, -0.25) is 4.79 Å². The van der Waals surface area contributed by atoms with Gasteiger partial charge in [0.25, 0.3) is 0 Å². The summed E-state index contributed by atoms with van der Waals surface area (Å²) >= 11 is 11.9. The highest BCUT2D eigenvalue weighted by Gasteiger charge is 2.15. The molecule has 1 amide bonds. The number of rotatable bonds is 7. The van der Waals surface area contributed by atoms with Gasteiger partial charge in [0.2, 0.25) is 0 Å². The molecular formula is C21H15BrClIN2O4. The number of nitrogens with zero attached hydrogens (tertiary/aromatic N) is 1. The molecule has 1 N–H and O–H groups in total. The molecule has 1 aromatic heterocycles. The number of hydrogen-bond acceptors (Lipinski definition) is 5. The maximum atomic E-state index is 12.4. The Morgan fingerprint density at radius 3 is 2.90 bits per heavy atom. The summed E-state index contributed by atoms with van der Waals surface area (Å²) in [6.07, 6.45) is 6.68. The minimum atomic E-state index is -0.473. The van der Waals surface area contributed by atoms with E-state index in [-0.39, 0.29) is 12.4 Å². The van der Waals surface area contributed by atoms with Crippen LogP contribution in [-0.4, -0.2) is 25.3 Å². The highest BCUT2D eigenvalue weighted by atomic mass is 127. The number of carbonyl (C=O) groups is 1. The topological polar surface area (TPSA) is 73.1 Å². The lowest BCUT2D eigenvalue weighted by atomic mass is 10.2. The quantitative estimate of drug-likeness (QED) is 0.165. The fourth-order valence-electron chi connectivity index (χ4n) is 2.59. The van der Waals surface area contributed by atoms with Crippen LogP contribution in [0.25, 0.3) is 11.0 Å². The molecule has 0 bridgehead atoms.